The summed E-state index contributed by atoms with van der Waals surface area (Å²) in [5, 5.41) is 23.2. The number of thioether (sulfide) groups is 1. The molecule has 4 aromatic rings. The van der Waals surface area contributed by atoms with Gasteiger partial charge in [0, 0.05) is 17.8 Å². The van der Waals surface area contributed by atoms with Crippen LogP contribution in [0.25, 0.3) is 16.7 Å². The van der Waals surface area contributed by atoms with Crippen molar-refractivity contribution in [3.63, 3.8) is 0 Å². The number of nitrogens with one attached hydrogen (secondary N) is 2. The molecule has 11 heteroatoms. The van der Waals surface area contributed by atoms with Gasteiger partial charge in [-0.25, -0.2) is 23.6 Å². The first-order chi connectivity index (χ1) is 17.2. The molecular formula is C25H28FN5O4S. The number of carboxylic acid groups (broad SMARTS) is 2. The number of imidazole rings is 1. The number of carboxylic acids is 2. The van der Waals surface area contributed by atoms with Gasteiger partial charge in [0.1, 0.15) is 11.6 Å². The van der Waals surface area contributed by atoms with Crippen LogP contribution in [-0.2, 0) is 16.1 Å². The fourth-order valence-electron chi connectivity index (χ4n) is 3.70. The minimum absolute atomic E-state index is 0.123. The summed E-state index contributed by atoms with van der Waals surface area (Å²) in [5.41, 5.74) is 6.08. The Hall–Kier alpha value is -3.70. The number of hydrogen-bond acceptors (Lipinski definition) is 6. The van der Waals surface area contributed by atoms with Crippen LogP contribution in [0.3, 0.4) is 0 Å². The average molecular weight is 514 g/mol. The first-order valence-corrected chi connectivity index (χ1v) is 12.5. The molecular weight excluding hydrogens is 485 g/mol. The molecule has 0 amide bonds. The van der Waals surface area contributed by atoms with Crippen LogP contribution < -0.4 is 5.32 Å². The number of aryl methyl sites for hydroxylation is 1. The lowest BCUT2D eigenvalue weighted by Crippen LogP contribution is -2.23. The number of para-hydroxylation sites is 2. The minimum atomic E-state index is -1.82. The lowest BCUT2D eigenvalue weighted by atomic mass is 10.1. The highest BCUT2D eigenvalue weighted by atomic mass is 32.2. The third kappa shape index (κ3) is 6.70. The van der Waals surface area contributed by atoms with Crippen molar-refractivity contribution in [2.45, 2.75) is 32.9 Å². The van der Waals surface area contributed by atoms with Crippen LogP contribution in [0, 0.1) is 19.7 Å². The van der Waals surface area contributed by atoms with E-state index >= 15 is 0 Å². The SMILES string of the molecule is CSCCC(NCc1c(C)nn(-c2ccc(F)cc2)c1C)c1nc2ccccc2[nH]1.O=C(O)C(=O)O. The van der Waals surface area contributed by atoms with Gasteiger partial charge >= 0.3 is 11.9 Å². The van der Waals surface area contributed by atoms with E-state index in [0.29, 0.717) is 6.54 Å². The van der Waals surface area contributed by atoms with Crippen molar-refractivity contribution < 1.29 is 24.2 Å². The number of H-pyrrole nitrogens is 1. The molecule has 9 nitrogen and oxygen atoms in total. The van der Waals surface area contributed by atoms with E-state index < -0.39 is 11.9 Å². The lowest BCUT2D eigenvalue weighted by molar-refractivity contribution is -0.159. The largest absolute Gasteiger partial charge is 0.473 e. The Kier molecular flexibility index (Phi) is 9.20. The number of nitrogens with zero attached hydrogens (tertiary/aromatic N) is 3. The maximum absolute atomic E-state index is 13.3. The highest BCUT2D eigenvalue weighted by Crippen LogP contribution is 2.23. The van der Waals surface area contributed by atoms with Gasteiger partial charge < -0.3 is 20.5 Å². The van der Waals surface area contributed by atoms with Crippen molar-refractivity contribution in [2.75, 3.05) is 12.0 Å². The van der Waals surface area contributed by atoms with Gasteiger partial charge in [-0.3, -0.25) is 0 Å². The standard InChI is InChI=1S/C23H26FN5S.C2H2O4/c1-15-19(16(2)29(28-15)18-10-8-17(24)9-11-18)14-25-22(12-13-30-3)23-26-20-6-4-5-7-21(20)27-23;3-1(4)2(5)6/h4-11,22,25H,12-14H2,1-3H3,(H,26,27);(H,3,4)(H,5,6). The molecule has 0 saturated heterocycles. The molecule has 0 spiro atoms. The van der Waals surface area contributed by atoms with E-state index in [1.54, 1.807) is 12.1 Å². The van der Waals surface area contributed by atoms with Gasteiger partial charge in [0.2, 0.25) is 0 Å². The average Bonchev–Trinajstić information content (AvgIpc) is 3.41. The third-order valence-electron chi connectivity index (χ3n) is 5.57. The molecule has 1 atom stereocenters. The van der Waals surface area contributed by atoms with E-state index in [-0.39, 0.29) is 11.9 Å². The zero-order chi connectivity index (χ0) is 26.2. The first-order valence-electron chi connectivity index (χ1n) is 11.2. The zero-order valence-electron chi connectivity index (χ0n) is 20.2. The van der Waals surface area contributed by atoms with Crippen LogP contribution in [0.15, 0.2) is 48.5 Å². The summed E-state index contributed by atoms with van der Waals surface area (Å²) in [6.07, 6.45) is 3.10. The Balaban J connectivity index is 0.000000538. The van der Waals surface area contributed by atoms with E-state index in [0.717, 1.165) is 51.7 Å². The van der Waals surface area contributed by atoms with Gasteiger partial charge in [0.25, 0.3) is 0 Å². The zero-order valence-corrected chi connectivity index (χ0v) is 21.0. The van der Waals surface area contributed by atoms with Gasteiger partial charge in [-0.1, -0.05) is 12.1 Å². The molecule has 2 heterocycles. The summed E-state index contributed by atoms with van der Waals surface area (Å²) >= 11 is 1.83. The highest BCUT2D eigenvalue weighted by Gasteiger charge is 2.18. The van der Waals surface area contributed by atoms with E-state index in [9.17, 15) is 4.39 Å². The number of aromatic nitrogens is 4. The highest BCUT2D eigenvalue weighted by molar-refractivity contribution is 7.98. The quantitative estimate of drug-likeness (QED) is 0.257. The van der Waals surface area contributed by atoms with Gasteiger partial charge in [-0.2, -0.15) is 16.9 Å². The van der Waals surface area contributed by atoms with Gasteiger partial charge in [0.15, 0.2) is 0 Å². The number of carbonyl (C=O) groups is 2. The van der Waals surface area contributed by atoms with Crippen LogP contribution in [0.5, 0.6) is 0 Å². The molecule has 2 aromatic heterocycles. The molecule has 0 saturated carbocycles. The van der Waals surface area contributed by atoms with E-state index in [2.05, 4.69) is 34.6 Å². The Bertz CT molecular complexity index is 1290. The number of benzene rings is 2. The number of aliphatic carboxylic acids is 2. The van der Waals surface area contributed by atoms with Gasteiger partial charge in [-0.05, 0) is 68.7 Å². The predicted molar refractivity (Wildman–Crippen MR) is 137 cm³/mol. The number of aromatic amines is 1. The second-order valence-corrected chi connectivity index (χ2v) is 8.99. The Morgan fingerprint density at radius 1 is 1.11 bits per heavy atom. The normalized spacial score (nSPS) is 11.7. The van der Waals surface area contributed by atoms with E-state index in [1.165, 1.54) is 12.1 Å². The molecule has 0 aliphatic rings. The molecule has 0 aliphatic carbocycles. The smallest absolute Gasteiger partial charge is 0.414 e. The Labute approximate surface area is 211 Å². The maximum Gasteiger partial charge on any atom is 0.414 e. The van der Waals surface area contributed by atoms with Crippen LogP contribution in [0.1, 0.15) is 35.2 Å². The molecule has 4 rings (SSSR count). The van der Waals surface area contributed by atoms with E-state index in [1.807, 2.05) is 41.6 Å². The molecule has 0 fully saturated rings. The summed E-state index contributed by atoms with van der Waals surface area (Å²) in [4.78, 5) is 26.5. The van der Waals surface area contributed by atoms with Crippen molar-refractivity contribution in [1.82, 2.24) is 25.1 Å². The van der Waals surface area contributed by atoms with Gasteiger partial charge in [-0.15, -0.1) is 0 Å². The summed E-state index contributed by atoms with van der Waals surface area (Å²) in [7, 11) is 0. The molecule has 2 aromatic carbocycles. The second-order valence-electron chi connectivity index (χ2n) is 8.00. The minimum Gasteiger partial charge on any atom is -0.473 e. The summed E-state index contributed by atoms with van der Waals surface area (Å²) in [5.74, 6) is -1.89. The number of rotatable bonds is 8. The molecule has 0 radical (unpaired) electrons. The second kappa shape index (κ2) is 12.3. The summed E-state index contributed by atoms with van der Waals surface area (Å²) in [6, 6.07) is 14.7. The molecule has 0 aliphatic heterocycles. The molecule has 1 unspecified atom stereocenters. The Morgan fingerprint density at radius 2 is 1.78 bits per heavy atom. The summed E-state index contributed by atoms with van der Waals surface area (Å²) < 4.78 is 15.2. The van der Waals surface area contributed by atoms with Gasteiger partial charge in [0.05, 0.1) is 28.5 Å². The molecule has 36 heavy (non-hydrogen) atoms. The fourth-order valence-corrected chi connectivity index (χ4v) is 4.17. The molecule has 4 N–H and O–H groups in total. The lowest BCUT2D eigenvalue weighted by Gasteiger charge is -2.16. The summed E-state index contributed by atoms with van der Waals surface area (Å²) in [6.45, 7) is 4.76. The maximum atomic E-state index is 13.3. The Morgan fingerprint density at radius 3 is 2.39 bits per heavy atom. The van der Waals surface area contributed by atoms with Crippen LogP contribution in [-0.4, -0.2) is 53.9 Å². The van der Waals surface area contributed by atoms with Crippen molar-refractivity contribution in [3.8, 4) is 5.69 Å². The van der Waals surface area contributed by atoms with Crippen LogP contribution in [0.2, 0.25) is 0 Å². The number of hydrogen-bond donors (Lipinski definition) is 4. The predicted octanol–water partition coefficient (Wildman–Crippen LogP) is 4.24. The molecule has 0 bridgehead atoms. The topological polar surface area (TPSA) is 133 Å². The van der Waals surface area contributed by atoms with Crippen molar-refractivity contribution in [3.05, 3.63) is 77.1 Å². The number of fused-ring (bicyclic) bond motifs is 1. The first kappa shape index (κ1) is 26.9. The van der Waals surface area contributed by atoms with Crippen LogP contribution >= 0.6 is 11.8 Å². The van der Waals surface area contributed by atoms with E-state index in [4.69, 9.17) is 24.8 Å². The van der Waals surface area contributed by atoms with Crippen molar-refractivity contribution >= 4 is 34.7 Å². The van der Waals surface area contributed by atoms with Crippen molar-refractivity contribution in [1.29, 1.82) is 0 Å². The van der Waals surface area contributed by atoms with Crippen LogP contribution in [0.4, 0.5) is 4.39 Å². The van der Waals surface area contributed by atoms with Crippen molar-refractivity contribution in [2.24, 2.45) is 0 Å². The molecule has 190 valence electrons. The third-order valence-corrected chi connectivity index (χ3v) is 6.21. The fraction of sp³-hybridized carbons (Fsp3) is 0.280. The monoisotopic (exact) mass is 513 g/mol. The number of halogens is 1.